The molecule has 0 saturated carbocycles. The number of nitrogens with one attached hydrogen (secondary N) is 2. The molecule has 0 fully saturated rings. The Morgan fingerprint density at radius 1 is 1.38 bits per heavy atom. The number of hydrogen-bond donors (Lipinski definition) is 3. The SMILES string of the molecule is O=C(O)c1cc(S(=O)(=O)NCCc2ccn[nH]2)ccc1Cl. The first-order chi connectivity index (χ1) is 9.90. The molecule has 0 bridgehead atoms. The van der Waals surface area contributed by atoms with Crippen LogP contribution in [-0.4, -0.2) is 36.2 Å². The van der Waals surface area contributed by atoms with E-state index >= 15 is 0 Å². The summed E-state index contributed by atoms with van der Waals surface area (Å²) >= 11 is 5.71. The third kappa shape index (κ3) is 3.81. The molecule has 0 radical (unpaired) electrons. The zero-order valence-electron chi connectivity index (χ0n) is 10.7. The van der Waals surface area contributed by atoms with E-state index < -0.39 is 16.0 Å². The van der Waals surface area contributed by atoms with Crippen LogP contribution in [0, 0.1) is 0 Å². The van der Waals surface area contributed by atoms with Crippen LogP contribution in [-0.2, 0) is 16.4 Å². The summed E-state index contributed by atoms with van der Waals surface area (Å²) < 4.78 is 26.5. The van der Waals surface area contributed by atoms with Crippen LogP contribution in [0.4, 0.5) is 0 Å². The molecule has 9 heteroatoms. The predicted molar refractivity (Wildman–Crippen MR) is 75.9 cm³/mol. The number of hydrogen-bond acceptors (Lipinski definition) is 4. The summed E-state index contributed by atoms with van der Waals surface area (Å²) in [6.07, 6.45) is 2.01. The Bertz CT molecular complexity index is 744. The maximum Gasteiger partial charge on any atom is 0.337 e. The third-order valence-electron chi connectivity index (χ3n) is 2.72. The van der Waals surface area contributed by atoms with Gasteiger partial charge in [0.25, 0.3) is 0 Å². The van der Waals surface area contributed by atoms with Gasteiger partial charge in [-0.15, -0.1) is 0 Å². The third-order valence-corrected chi connectivity index (χ3v) is 4.51. The maximum absolute atomic E-state index is 12.1. The number of aromatic carboxylic acids is 1. The minimum absolute atomic E-state index is 0.0149. The number of carboxylic acids is 1. The number of H-pyrrole nitrogens is 1. The highest BCUT2D eigenvalue weighted by Gasteiger charge is 2.18. The van der Waals surface area contributed by atoms with Crippen molar-refractivity contribution >= 4 is 27.6 Å². The lowest BCUT2D eigenvalue weighted by Gasteiger charge is -2.07. The van der Waals surface area contributed by atoms with Crippen molar-refractivity contribution in [1.82, 2.24) is 14.9 Å². The van der Waals surface area contributed by atoms with Crippen molar-refractivity contribution in [3.8, 4) is 0 Å². The van der Waals surface area contributed by atoms with Crippen molar-refractivity contribution in [3.05, 3.63) is 46.7 Å². The van der Waals surface area contributed by atoms with Gasteiger partial charge in [-0.1, -0.05) is 11.6 Å². The molecule has 2 rings (SSSR count). The molecule has 112 valence electrons. The van der Waals surface area contributed by atoms with E-state index in [1.165, 1.54) is 12.1 Å². The molecule has 0 spiro atoms. The molecule has 0 aliphatic carbocycles. The van der Waals surface area contributed by atoms with Crippen LogP contribution in [0.3, 0.4) is 0 Å². The molecule has 0 saturated heterocycles. The van der Waals surface area contributed by atoms with Crippen LogP contribution in [0.15, 0.2) is 35.4 Å². The van der Waals surface area contributed by atoms with Gasteiger partial charge in [-0.05, 0) is 24.3 Å². The average Bonchev–Trinajstić information content (AvgIpc) is 2.91. The van der Waals surface area contributed by atoms with Crippen molar-refractivity contribution in [1.29, 1.82) is 0 Å². The molecule has 21 heavy (non-hydrogen) atoms. The molecule has 1 aromatic heterocycles. The first-order valence-electron chi connectivity index (χ1n) is 5.91. The fourth-order valence-corrected chi connectivity index (χ4v) is 2.92. The Kier molecular flexibility index (Phi) is 4.61. The molecule has 0 amide bonds. The second-order valence-electron chi connectivity index (χ2n) is 4.18. The van der Waals surface area contributed by atoms with Gasteiger partial charge >= 0.3 is 5.97 Å². The van der Waals surface area contributed by atoms with Gasteiger partial charge in [-0.3, -0.25) is 5.10 Å². The van der Waals surface area contributed by atoms with Crippen LogP contribution in [0.1, 0.15) is 16.1 Å². The second-order valence-corrected chi connectivity index (χ2v) is 6.35. The lowest BCUT2D eigenvalue weighted by molar-refractivity contribution is 0.0697. The van der Waals surface area contributed by atoms with Crippen LogP contribution in [0.2, 0.25) is 5.02 Å². The summed E-state index contributed by atoms with van der Waals surface area (Å²) in [4.78, 5) is 10.8. The van der Waals surface area contributed by atoms with Gasteiger partial charge < -0.3 is 5.11 Å². The number of benzene rings is 1. The largest absolute Gasteiger partial charge is 0.478 e. The summed E-state index contributed by atoms with van der Waals surface area (Å²) in [6, 6.07) is 5.27. The quantitative estimate of drug-likeness (QED) is 0.739. The van der Waals surface area contributed by atoms with Gasteiger partial charge in [0.2, 0.25) is 10.0 Å². The van der Waals surface area contributed by atoms with Crippen LogP contribution in [0.25, 0.3) is 0 Å². The number of sulfonamides is 1. The van der Waals surface area contributed by atoms with Gasteiger partial charge in [0.1, 0.15) is 0 Å². The van der Waals surface area contributed by atoms with Crippen LogP contribution >= 0.6 is 11.6 Å². The van der Waals surface area contributed by atoms with Gasteiger partial charge in [0.05, 0.1) is 15.5 Å². The van der Waals surface area contributed by atoms with Crippen molar-refractivity contribution < 1.29 is 18.3 Å². The number of halogens is 1. The topological polar surface area (TPSA) is 112 Å². The predicted octanol–water partition coefficient (Wildman–Crippen LogP) is 1.28. The maximum atomic E-state index is 12.1. The molecule has 0 unspecified atom stereocenters. The monoisotopic (exact) mass is 329 g/mol. The zero-order chi connectivity index (χ0) is 15.5. The van der Waals surface area contributed by atoms with Gasteiger partial charge in [-0.2, -0.15) is 5.10 Å². The second kappa shape index (κ2) is 6.25. The van der Waals surface area contributed by atoms with Crippen LogP contribution in [0.5, 0.6) is 0 Å². The Morgan fingerprint density at radius 3 is 2.76 bits per heavy atom. The number of nitrogens with zero attached hydrogens (tertiary/aromatic N) is 1. The lowest BCUT2D eigenvalue weighted by Crippen LogP contribution is -2.26. The minimum atomic E-state index is -3.79. The lowest BCUT2D eigenvalue weighted by atomic mass is 10.2. The number of rotatable bonds is 6. The Labute approximate surface area is 126 Å². The Morgan fingerprint density at radius 2 is 2.14 bits per heavy atom. The van der Waals surface area contributed by atoms with Gasteiger partial charge in [0, 0.05) is 24.9 Å². The van der Waals surface area contributed by atoms with E-state index in [4.69, 9.17) is 16.7 Å². The van der Waals surface area contributed by atoms with Crippen molar-refractivity contribution in [2.24, 2.45) is 0 Å². The van der Waals surface area contributed by atoms with Gasteiger partial charge in [0.15, 0.2) is 0 Å². The summed E-state index contributed by atoms with van der Waals surface area (Å²) in [5, 5.41) is 15.4. The molecule has 1 aromatic carbocycles. The highest BCUT2D eigenvalue weighted by molar-refractivity contribution is 7.89. The molecular weight excluding hydrogens is 318 g/mol. The Balaban J connectivity index is 2.12. The molecule has 0 aliphatic heterocycles. The van der Waals surface area contributed by atoms with E-state index in [1.54, 1.807) is 12.3 Å². The number of aromatic amines is 1. The average molecular weight is 330 g/mol. The fourth-order valence-electron chi connectivity index (χ4n) is 1.66. The highest BCUT2D eigenvalue weighted by atomic mass is 35.5. The van der Waals surface area contributed by atoms with E-state index in [-0.39, 0.29) is 22.0 Å². The van der Waals surface area contributed by atoms with Crippen molar-refractivity contribution in [2.75, 3.05) is 6.54 Å². The summed E-state index contributed by atoms with van der Waals surface area (Å²) in [5.41, 5.74) is 0.535. The molecule has 7 nitrogen and oxygen atoms in total. The standard InChI is InChI=1S/C12H12ClN3O4S/c13-11-2-1-9(7-10(11)12(17)18)21(19,20)15-6-4-8-3-5-14-16-8/h1-3,5,7,15H,4,6H2,(H,14,16)(H,17,18). The van der Waals surface area contributed by atoms with E-state index in [0.717, 1.165) is 11.8 Å². The fraction of sp³-hybridized carbons (Fsp3) is 0.167. The summed E-state index contributed by atoms with van der Waals surface area (Å²) in [5.74, 6) is -1.28. The first-order valence-corrected chi connectivity index (χ1v) is 7.77. The van der Waals surface area contributed by atoms with E-state index in [2.05, 4.69) is 14.9 Å². The van der Waals surface area contributed by atoms with Crippen molar-refractivity contribution in [2.45, 2.75) is 11.3 Å². The van der Waals surface area contributed by atoms with Gasteiger partial charge in [-0.25, -0.2) is 17.9 Å². The molecule has 3 N–H and O–H groups in total. The highest BCUT2D eigenvalue weighted by Crippen LogP contribution is 2.20. The summed E-state index contributed by atoms with van der Waals surface area (Å²) in [6.45, 7) is 0.162. The molecule has 0 aliphatic rings. The molecule has 2 aromatic rings. The van der Waals surface area contributed by atoms with E-state index in [9.17, 15) is 13.2 Å². The van der Waals surface area contributed by atoms with Crippen LogP contribution < -0.4 is 4.72 Å². The summed E-state index contributed by atoms with van der Waals surface area (Å²) in [7, 11) is -3.79. The number of aromatic nitrogens is 2. The number of carbonyl (C=O) groups is 1. The smallest absolute Gasteiger partial charge is 0.337 e. The normalized spacial score (nSPS) is 11.5. The molecular formula is C12H12ClN3O4S. The van der Waals surface area contributed by atoms with E-state index in [1.807, 2.05) is 0 Å². The number of carboxylic acid groups (broad SMARTS) is 1. The first kappa shape index (κ1) is 15.5. The molecule has 0 atom stereocenters. The Hall–Kier alpha value is -1.90. The van der Waals surface area contributed by atoms with Crippen molar-refractivity contribution in [3.63, 3.8) is 0 Å². The van der Waals surface area contributed by atoms with E-state index in [0.29, 0.717) is 6.42 Å². The zero-order valence-corrected chi connectivity index (χ0v) is 12.3. The molecule has 1 heterocycles. The minimum Gasteiger partial charge on any atom is -0.478 e.